The van der Waals surface area contributed by atoms with E-state index in [2.05, 4.69) is 11.4 Å². The molecule has 4 heteroatoms. The van der Waals surface area contributed by atoms with Gasteiger partial charge in [-0.15, -0.1) is 0 Å². The van der Waals surface area contributed by atoms with Crippen molar-refractivity contribution in [2.24, 2.45) is 5.92 Å². The Balaban J connectivity index is 2.00. The Kier molecular flexibility index (Phi) is 4.06. The molecule has 0 bridgehead atoms. The number of benzene rings is 1. The number of aryl methyl sites for hydroxylation is 1. The zero-order valence-electron chi connectivity index (χ0n) is 11.0. The van der Waals surface area contributed by atoms with Crippen molar-refractivity contribution in [3.63, 3.8) is 0 Å². The van der Waals surface area contributed by atoms with E-state index >= 15 is 0 Å². The number of carbonyl (C=O) groups is 1. The first kappa shape index (κ1) is 13.4. The summed E-state index contributed by atoms with van der Waals surface area (Å²) in [6.45, 7) is 1.96. The van der Waals surface area contributed by atoms with Crippen molar-refractivity contribution in [1.29, 1.82) is 5.26 Å². The monoisotopic (exact) mass is 258 g/mol. The van der Waals surface area contributed by atoms with Gasteiger partial charge < -0.3 is 10.4 Å². The lowest BCUT2D eigenvalue weighted by atomic mass is 9.86. The molecule has 2 rings (SSSR count). The molecule has 1 aliphatic rings. The summed E-state index contributed by atoms with van der Waals surface area (Å²) in [7, 11) is 0. The van der Waals surface area contributed by atoms with Gasteiger partial charge in [-0.05, 0) is 50.3 Å². The third-order valence-electron chi connectivity index (χ3n) is 3.73. The van der Waals surface area contributed by atoms with Crippen molar-refractivity contribution in [3.05, 3.63) is 29.3 Å². The largest absolute Gasteiger partial charge is 0.481 e. The average molecular weight is 258 g/mol. The number of nitrogens with zero attached hydrogens (tertiary/aromatic N) is 1. The number of hydrogen-bond donors (Lipinski definition) is 2. The van der Waals surface area contributed by atoms with E-state index in [0.29, 0.717) is 18.4 Å². The summed E-state index contributed by atoms with van der Waals surface area (Å²) in [6, 6.07) is 8.24. The van der Waals surface area contributed by atoms with Crippen LogP contribution in [-0.2, 0) is 4.79 Å². The molecule has 0 atom stereocenters. The molecule has 0 aromatic heterocycles. The zero-order chi connectivity index (χ0) is 13.8. The topological polar surface area (TPSA) is 73.1 Å². The summed E-state index contributed by atoms with van der Waals surface area (Å²) in [5.41, 5.74) is 2.57. The molecule has 0 amide bonds. The molecule has 1 aromatic carbocycles. The predicted molar refractivity (Wildman–Crippen MR) is 72.9 cm³/mol. The molecule has 0 heterocycles. The van der Waals surface area contributed by atoms with E-state index in [0.717, 1.165) is 24.1 Å². The van der Waals surface area contributed by atoms with Crippen molar-refractivity contribution >= 4 is 11.7 Å². The first-order valence-electron chi connectivity index (χ1n) is 6.60. The van der Waals surface area contributed by atoms with Crippen molar-refractivity contribution < 1.29 is 9.90 Å². The van der Waals surface area contributed by atoms with E-state index in [9.17, 15) is 4.79 Å². The lowest BCUT2D eigenvalue weighted by Crippen LogP contribution is -2.29. The molecule has 0 spiro atoms. The Hall–Kier alpha value is -2.02. The quantitative estimate of drug-likeness (QED) is 0.874. The SMILES string of the molecule is Cc1ccc(NC2CCC(C(=O)O)CC2)c(C#N)c1. The van der Waals surface area contributed by atoms with Crippen molar-refractivity contribution in [1.82, 2.24) is 0 Å². The molecule has 1 saturated carbocycles. The molecule has 19 heavy (non-hydrogen) atoms. The van der Waals surface area contributed by atoms with Gasteiger partial charge in [-0.1, -0.05) is 6.07 Å². The van der Waals surface area contributed by atoms with Crippen LogP contribution in [0, 0.1) is 24.2 Å². The van der Waals surface area contributed by atoms with Crippen LogP contribution in [0.25, 0.3) is 0 Å². The van der Waals surface area contributed by atoms with Gasteiger partial charge in [0.2, 0.25) is 0 Å². The number of nitriles is 1. The van der Waals surface area contributed by atoms with E-state index < -0.39 is 5.97 Å². The highest BCUT2D eigenvalue weighted by atomic mass is 16.4. The first-order chi connectivity index (χ1) is 9.10. The fraction of sp³-hybridized carbons (Fsp3) is 0.467. The molecule has 0 unspecified atom stereocenters. The summed E-state index contributed by atoms with van der Waals surface area (Å²) in [5.74, 6) is -0.891. The van der Waals surface area contributed by atoms with Crippen LogP contribution in [-0.4, -0.2) is 17.1 Å². The van der Waals surface area contributed by atoms with E-state index in [1.165, 1.54) is 0 Å². The molecule has 1 aromatic rings. The molecule has 1 aliphatic carbocycles. The highest BCUT2D eigenvalue weighted by molar-refractivity contribution is 5.70. The van der Waals surface area contributed by atoms with Gasteiger partial charge in [0.05, 0.1) is 17.2 Å². The molecule has 0 saturated heterocycles. The van der Waals surface area contributed by atoms with Gasteiger partial charge in [0.15, 0.2) is 0 Å². The zero-order valence-corrected chi connectivity index (χ0v) is 11.0. The summed E-state index contributed by atoms with van der Waals surface area (Å²) in [4.78, 5) is 10.9. The number of anilines is 1. The molecular formula is C15H18N2O2. The maximum absolute atomic E-state index is 10.9. The molecule has 2 N–H and O–H groups in total. The van der Waals surface area contributed by atoms with E-state index in [4.69, 9.17) is 10.4 Å². The fourth-order valence-corrected chi connectivity index (χ4v) is 2.58. The molecular weight excluding hydrogens is 240 g/mol. The van der Waals surface area contributed by atoms with E-state index in [1.54, 1.807) is 0 Å². The number of carboxylic acids is 1. The Morgan fingerprint density at radius 2 is 2.05 bits per heavy atom. The molecule has 0 aliphatic heterocycles. The number of carboxylic acid groups (broad SMARTS) is 1. The third kappa shape index (κ3) is 3.25. The van der Waals surface area contributed by atoms with E-state index in [1.807, 2.05) is 25.1 Å². The molecule has 0 radical (unpaired) electrons. The van der Waals surface area contributed by atoms with Crippen LogP contribution in [0.5, 0.6) is 0 Å². The second kappa shape index (κ2) is 5.75. The first-order valence-corrected chi connectivity index (χ1v) is 6.60. The minimum Gasteiger partial charge on any atom is -0.481 e. The Morgan fingerprint density at radius 1 is 1.37 bits per heavy atom. The smallest absolute Gasteiger partial charge is 0.306 e. The van der Waals surface area contributed by atoms with Gasteiger partial charge in [-0.25, -0.2) is 0 Å². The lowest BCUT2D eigenvalue weighted by Gasteiger charge is -2.28. The maximum atomic E-state index is 10.9. The normalized spacial score (nSPS) is 22.5. The molecule has 100 valence electrons. The van der Waals surface area contributed by atoms with Crippen LogP contribution in [0.2, 0.25) is 0 Å². The predicted octanol–water partition coefficient (Wildman–Crippen LogP) is 2.92. The number of rotatable bonds is 3. The van der Waals surface area contributed by atoms with Crippen molar-refractivity contribution in [2.75, 3.05) is 5.32 Å². The summed E-state index contributed by atoms with van der Waals surface area (Å²) in [6.07, 6.45) is 3.10. The van der Waals surface area contributed by atoms with Gasteiger partial charge >= 0.3 is 5.97 Å². The van der Waals surface area contributed by atoms with Crippen LogP contribution >= 0.6 is 0 Å². The second-order valence-corrected chi connectivity index (χ2v) is 5.19. The Labute approximate surface area is 113 Å². The number of nitrogens with one attached hydrogen (secondary N) is 1. The number of aliphatic carboxylic acids is 1. The van der Waals surface area contributed by atoms with Gasteiger partial charge in [0.1, 0.15) is 6.07 Å². The summed E-state index contributed by atoms with van der Waals surface area (Å²) >= 11 is 0. The maximum Gasteiger partial charge on any atom is 0.306 e. The van der Waals surface area contributed by atoms with Gasteiger partial charge in [-0.2, -0.15) is 5.26 Å². The van der Waals surface area contributed by atoms with Crippen LogP contribution in [0.4, 0.5) is 5.69 Å². The van der Waals surface area contributed by atoms with E-state index in [-0.39, 0.29) is 12.0 Å². The second-order valence-electron chi connectivity index (χ2n) is 5.19. The van der Waals surface area contributed by atoms with Crippen LogP contribution in [0.1, 0.15) is 36.8 Å². The minimum atomic E-state index is -0.688. The highest BCUT2D eigenvalue weighted by Gasteiger charge is 2.26. The van der Waals surface area contributed by atoms with Crippen LogP contribution < -0.4 is 5.32 Å². The minimum absolute atomic E-state index is 0.202. The lowest BCUT2D eigenvalue weighted by molar-refractivity contribution is -0.142. The molecule has 4 nitrogen and oxygen atoms in total. The average Bonchev–Trinajstić information content (AvgIpc) is 2.41. The van der Waals surface area contributed by atoms with Crippen LogP contribution in [0.3, 0.4) is 0 Å². The van der Waals surface area contributed by atoms with Crippen LogP contribution in [0.15, 0.2) is 18.2 Å². The third-order valence-corrected chi connectivity index (χ3v) is 3.73. The Morgan fingerprint density at radius 3 is 2.63 bits per heavy atom. The standard InChI is InChI=1S/C15H18N2O2/c1-10-2-7-14(12(8-10)9-16)17-13-5-3-11(4-6-13)15(18)19/h2,7-8,11,13,17H,3-6H2,1H3,(H,18,19). The summed E-state index contributed by atoms with van der Waals surface area (Å²) in [5, 5.41) is 21.5. The van der Waals surface area contributed by atoms with Gasteiger partial charge in [0.25, 0.3) is 0 Å². The van der Waals surface area contributed by atoms with Crippen molar-refractivity contribution in [3.8, 4) is 6.07 Å². The summed E-state index contributed by atoms with van der Waals surface area (Å²) < 4.78 is 0. The number of hydrogen-bond acceptors (Lipinski definition) is 3. The highest BCUT2D eigenvalue weighted by Crippen LogP contribution is 2.28. The molecule has 1 fully saturated rings. The van der Waals surface area contributed by atoms with Gasteiger partial charge in [-0.3, -0.25) is 4.79 Å². The fourth-order valence-electron chi connectivity index (χ4n) is 2.58. The van der Waals surface area contributed by atoms with Gasteiger partial charge in [0, 0.05) is 6.04 Å². The van der Waals surface area contributed by atoms with Crippen molar-refractivity contribution in [2.45, 2.75) is 38.6 Å². The Bertz CT molecular complexity index is 511.